The van der Waals surface area contributed by atoms with Crippen molar-refractivity contribution in [1.82, 2.24) is 9.80 Å². The lowest BCUT2D eigenvalue weighted by Crippen LogP contribution is -2.52. The number of hydrogen-bond acceptors (Lipinski definition) is 4. The largest absolute Gasteiger partial charge is 0.381 e. The lowest BCUT2D eigenvalue weighted by atomic mass is 9.72. The molecular weight excluding hydrogens is 420 g/mol. The topological polar surface area (TPSA) is 42.0 Å². The standard InChI is InChI=1S/C22H31BrN2O3/c23-20-3-1-19(2-4-20)22(7-13-27-14-8-22)21(26)25-9-5-18(6-10-25)17-24-11-15-28-16-12-24/h1-4,18H,5-17H2. The summed E-state index contributed by atoms with van der Waals surface area (Å²) in [5.74, 6) is 1.00. The van der Waals surface area contributed by atoms with Crippen LogP contribution in [0.1, 0.15) is 31.2 Å². The number of likely N-dealkylation sites (tertiary alicyclic amines) is 1. The Hall–Kier alpha value is -0.950. The summed E-state index contributed by atoms with van der Waals surface area (Å²) in [6.45, 7) is 8.05. The number of amides is 1. The van der Waals surface area contributed by atoms with Crippen molar-refractivity contribution in [3.8, 4) is 0 Å². The van der Waals surface area contributed by atoms with Gasteiger partial charge >= 0.3 is 0 Å². The van der Waals surface area contributed by atoms with E-state index in [1.165, 1.54) is 0 Å². The highest BCUT2D eigenvalue weighted by Gasteiger charge is 2.44. The predicted octanol–water partition coefficient (Wildman–Crippen LogP) is 3.07. The molecule has 6 heteroatoms. The minimum Gasteiger partial charge on any atom is -0.381 e. The average Bonchev–Trinajstić information content (AvgIpc) is 2.75. The quantitative estimate of drug-likeness (QED) is 0.706. The summed E-state index contributed by atoms with van der Waals surface area (Å²) in [5, 5.41) is 0. The molecule has 0 bridgehead atoms. The molecule has 3 heterocycles. The predicted molar refractivity (Wildman–Crippen MR) is 112 cm³/mol. The fourth-order valence-corrected chi connectivity index (χ4v) is 5.15. The molecule has 0 saturated carbocycles. The van der Waals surface area contributed by atoms with Crippen molar-refractivity contribution in [1.29, 1.82) is 0 Å². The second-order valence-electron chi connectivity index (χ2n) is 8.35. The van der Waals surface area contributed by atoms with Crippen molar-refractivity contribution in [2.75, 3.05) is 59.2 Å². The van der Waals surface area contributed by atoms with Crippen LogP contribution in [0.3, 0.4) is 0 Å². The second kappa shape index (κ2) is 9.24. The molecule has 28 heavy (non-hydrogen) atoms. The van der Waals surface area contributed by atoms with Crippen LogP contribution in [0.4, 0.5) is 0 Å². The highest BCUT2D eigenvalue weighted by atomic mass is 79.9. The summed E-state index contributed by atoms with van der Waals surface area (Å²) in [6.07, 6.45) is 3.77. The van der Waals surface area contributed by atoms with Crippen LogP contribution in [0.25, 0.3) is 0 Å². The first-order valence-corrected chi connectivity index (χ1v) is 11.4. The molecule has 0 spiro atoms. The van der Waals surface area contributed by atoms with E-state index in [2.05, 4.69) is 37.9 Å². The van der Waals surface area contributed by atoms with E-state index in [9.17, 15) is 4.79 Å². The summed E-state index contributed by atoms with van der Waals surface area (Å²) in [4.78, 5) is 18.3. The van der Waals surface area contributed by atoms with E-state index in [4.69, 9.17) is 9.47 Å². The third kappa shape index (κ3) is 4.45. The number of hydrogen-bond donors (Lipinski definition) is 0. The van der Waals surface area contributed by atoms with Crippen molar-refractivity contribution in [3.63, 3.8) is 0 Å². The molecule has 1 aromatic rings. The number of carbonyl (C=O) groups excluding carboxylic acids is 1. The maximum absolute atomic E-state index is 13.7. The maximum atomic E-state index is 13.7. The Balaban J connectivity index is 1.41. The first-order chi connectivity index (χ1) is 13.7. The molecule has 0 aliphatic carbocycles. The zero-order valence-corrected chi connectivity index (χ0v) is 18.2. The summed E-state index contributed by atoms with van der Waals surface area (Å²) >= 11 is 3.52. The van der Waals surface area contributed by atoms with E-state index >= 15 is 0 Å². The number of benzene rings is 1. The highest BCUT2D eigenvalue weighted by molar-refractivity contribution is 9.10. The van der Waals surface area contributed by atoms with Gasteiger partial charge in [0, 0.05) is 50.4 Å². The molecule has 154 valence electrons. The van der Waals surface area contributed by atoms with Gasteiger partial charge in [0.1, 0.15) is 0 Å². The maximum Gasteiger partial charge on any atom is 0.233 e. The van der Waals surface area contributed by atoms with Gasteiger partial charge < -0.3 is 14.4 Å². The van der Waals surface area contributed by atoms with Crippen LogP contribution in [0, 0.1) is 5.92 Å². The SMILES string of the molecule is O=C(N1CCC(CN2CCOCC2)CC1)C1(c2ccc(Br)cc2)CCOCC1. The van der Waals surface area contributed by atoms with Crippen molar-refractivity contribution >= 4 is 21.8 Å². The van der Waals surface area contributed by atoms with Crippen LogP contribution in [-0.2, 0) is 19.7 Å². The molecule has 3 fully saturated rings. The average molecular weight is 451 g/mol. The van der Waals surface area contributed by atoms with Gasteiger partial charge in [-0.05, 0) is 49.3 Å². The van der Waals surface area contributed by atoms with E-state index in [1.807, 2.05) is 12.1 Å². The number of halogens is 1. The molecule has 1 amide bonds. The Morgan fingerprint density at radius 1 is 0.964 bits per heavy atom. The first kappa shape index (κ1) is 20.3. The van der Waals surface area contributed by atoms with Gasteiger partial charge in [0.2, 0.25) is 5.91 Å². The Morgan fingerprint density at radius 2 is 1.57 bits per heavy atom. The van der Waals surface area contributed by atoms with E-state index < -0.39 is 5.41 Å². The van der Waals surface area contributed by atoms with Crippen LogP contribution >= 0.6 is 15.9 Å². The lowest BCUT2D eigenvalue weighted by Gasteiger charge is -2.43. The number of morpholine rings is 1. The van der Waals surface area contributed by atoms with Gasteiger partial charge in [0.25, 0.3) is 0 Å². The van der Waals surface area contributed by atoms with Gasteiger partial charge in [-0.25, -0.2) is 0 Å². The Kier molecular flexibility index (Phi) is 6.71. The Labute approximate surface area is 176 Å². The Morgan fingerprint density at radius 3 is 2.21 bits per heavy atom. The van der Waals surface area contributed by atoms with Crippen LogP contribution in [0.2, 0.25) is 0 Å². The molecule has 0 radical (unpaired) electrons. The number of rotatable bonds is 4. The molecule has 0 N–H and O–H groups in total. The molecule has 0 unspecified atom stereocenters. The molecule has 3 aliphatic rings. The Bertz CT molecular complexity index is 646. The number of piperidine rings is 1. The van der Waals surface area contributed by atoms with Crippen molar-refractivity contribution in [2.24, 2.45) is 5.92 Å². The van der Waals surface area contributed by atoms with Gasteiger partial charge in [-0.2, -0.15) is 0 Å². The number of ether oxygens (including phenoxy) is 2. The molecule has 0 aromatic heterocycles. The monoisotopic (exact) mass is 450 g/mol. The lowest BCUT2D eigenvalue weighted by molar-refractivity contribution is -0.143. The zero-order valence-electron chi connectivity index (χ0n) is 16.6. The van der Waals surface area contributed by atoms with Crippen LogP contribution < -0.4 is 0 Å². The molecule has 5 nitrogen and oxygen atoms in total. The van der Waals surface area contributed by atoms with Crippen molar-refractivity contribution in [2.45, 2.75) is 31.1 Å². The molecule has 1 aromatic carbocycles. The minimum atomic E-state index is -0.421. The van der Waals surface area contributed by atoms with E-state index in [0.29, 0.717) is 25.0 Å². The number of carbonyl (C=O) groups is 1. The number of nitrogens with zero attached hydrogens (tertiary/aromatic N) is 2. The fraction of sp³-hybridized carbons (Fsp3) is 0.682. The van der Waals surface area contributed by atoms with Crippen molar-refractivity contribution in [3.05, 3.63) is 34.3 Å². The van der Waals surface area contributed by atoms with Gasteiger partial charge in [-0.1, -0.05) is 28.1 Å². The van der Waals surface area contributed by atoms with Gasteiger partial charge in [0.15, 0.2) is 0 Å². The van der Waals surface area contributed by atoms with Gasteiger partial charge in [-0.3, -0.25) is 9.69 Å². The smallest absolute Gasteiger partial charge is 0.233 e. The summed E-state index contributed by atoms with van der Waals surface area (Å²) < 4.78 is 12.1. The van der Waals surface area contributed by atoms with Gasteiger partial charge in [-0.15, -0.1) is 0 Å². The molecular formula is C22H31BrN2O3. The molecule has 4 rings (SSSR count). The van der Waals surface area contributed by atoms with E-state index in [-0.39, 0.29) is 0 Å². The summed E-state index contributed by atoms with van der Waals surface area (Å²) in [6, 6.07) is 8.32. The summed E-state index contributed by atoms with van der Waals surface area (Å²) in [5.41, 5.74) is 0.718. The van der Waals surface area contributed by atoms with Crippen LogP contribution in [0.15, 0.2) is 28.7 Å². The summed E-state index contributed by atoms with van der Waals surface area (Å²) in [7, 11) is 0. The molecule has 3 aliphatic heterocycles. The van der Waals surface area contributed by atoms with Gasteiger partial charge in [0.05, 0.1) is 18.6 Å². The minimum absolute atomic E-state index is 0.308. The third-order valence-corrected chi connectivity index (χ3v) is 7.20. The van der Waals surface area contributed by atoms with Crippen LogP contribution in [-0.4, -0.2) is 74.9 Å². The first-order valence-electron chi connectivity index (χ1n) is 10.6. The third-order valence-electron chi connectivity index (χ3n) is 6.67. The van der Waals surface area contributed by atoms with E-state index in [0.717, 1.165) is 81.7 Å². The van der Waals surface area contributed by atoms with Crippen molar-refractivity contribution < 1.29 is 14.3 Å². The van der Waals surface area contributed by atoms with E-state index in [1.54, 1.807) is 0 Å². The zero-order chi connectivity index (χ0) is 19.4. The van der Waals surface area contributed by atoms with Crippen LogP contribution in [0.5, 0.6) is 0 Å². The highest BCUT2D eigenvalue weighted by Crippen LogP contribution is 2.38. The fourth-order valence-electron chi connectivity index (χ4n) is 4.88. The molecule has 3 saturated heterocycles. The molecule has 0 atom stereocenters. The second-order valence-corrected chi connectivity index (χ2v) is 9.27. The normalized spacial score (nSPS) is 24.2.